The summed E-state index contributed by atoms with van der Waals surface area (Å²) in [6, 6.07) is 4.36. The number of hydrogen-bond acceptors (Lipinski definition) is 6. The van der Waals surface area contributed by atoms with Gasteiger partial charge in [-0.1, -0.05) is 34.7 Å². The van der Waals surface area contributed by atoms with E-state index < -0.39 is 5.82 Å². The molecule has 2 aromatic rings. The third kappa shape index (κ3) is 4.31. The first-order valence-electron chi connectivity index (χ1n) is 6.58. The molecule has 22 heavy (non-hydrogen) atoms. The van der Waals surface area contributed by atoms with Gasteiger partial charge in [-0.15, -0.1) is 10.2 Å². The minimum absolute atomic E-state index is 0.171. The van der Waals surface area contributed by atoms with E-state index in [0.717, 1.165) is 15.5 Å². The number of carbonyl (C=O) groups excluding carboxylic acids is 1. The molecular weight excluding hydrogens is 347 g/mol. The molecule has 1 aliphatic rings. The van der Waals surface area contributed by atoms with Crippen molar-refractivity contribution >= 4 is 51.4 Å². The topological polar surface area (TPSA) is 66.9 Å². The maximum atomic E-state index is 12.9. The van der Waals surface area contributed by atoms with E-state index in [4.69, 9.17) is 11.6 Å². The Kier molecular flexibility index (Phi) is 4.80. The number of aromatic nitrogens is 2. The van der Waals surface area contributed by atoms with Gasteiger partial charge in [0.1, 0.15) is 5.82 Å². The molecule has 1 aromatic heterocycles. The van der Waals surface area contributed by atoms with Crippen LogP contribution in [-0.2, 0) is 4.79 Å². The van der Waals surface area contributed by atoms with Gasteiger partial charge in [0.2, 0.25) is 11.0 Å². The number of rotatable bonds is 6. The van der Waals surface area contributed by atoms with Crippen molar-refractivity contribution in [1.29, 1.82) is 0 Å². The van der Waals surface area contributed by atoms with Crippen molar-refractivity contribution in [3.8, 4) is 0 Å². The molecule has 1 heterocycles. The van der Waals surface area contributed by atoms with Crippen molar-refractivity contribution in [1.82, 2.24) is 10.2 Å². The van der Waals surface area contributed by atoms with Crippen molar-refractivity contribution in [2.24, 2.45) is 0 Å². The second-order valence-corrected chi connectivity index (χ2v) is 7.36. The molecule has 1 fully saturated rings. The molecule has 1 saturated carbocycles. The largest absolute Gasteiger partial charge is 0.357 e. The van der Waals surface area contributed by atoms with E-state index in [9.17, 15) is 9.18 Å². The van der Waals surface area contributed by atoms with Gasteiger partial charge in [-0.3, -0.25) is 4.79 Å². The van der Waals surface area contributed by atoms with Gasteiger partial charge in [0.05, 0.1) is 16.5 Å². The lowest BCUT2D eigenvalue weighted by molar-refractivity contribution is -0.113. The Morgan fingerprint density at radius 2 is 2.27 bits per heavy atom. The van der Waals surface area contributed by atoms with Gasteiger partial charge in [0.25, 0.3) is 0 Å². The highest BCUT2D eigenvalue weighted by atomic mass is 35.5. The maximum Gasteiger partial charge on any atom is 0.234 e. The molecule has 0 spiro atoms. The molecule has 0 bridgehead atoms. The normalized spacial score (nSPS) is 13.9. The Morgan fingerprint density at radius 3 is 3.00 bits per heavy atom. The molecule has 116 valence electrons. The number of thioether (sulfide) groups is 1. The van der Waals surface area contributed by atoms with E-state index in [-0.39, 0.29) is 16.7 Å². The highest BCUT2D eigenvalue weighted by molar-refractivity contribution is 8.01. The average molecular weight is 359 g/mol. The first-order valence-corrected chi connectivity index (χ1v) is 8.76. The Balaban J connectivity index is 1.50. The number of nitrogens with zero attached hydrogens (tertiary/aromatic N) is 2. The first-order chi connectivity index (χ1) is 10.6. The molecule has 5 nitrogen and oxygen atoms in total. The van der Waals surface area contributed by atoms with Gasteiger partial charge < -0.3 is 10.6 Å². The summed E-state index contributed by atoms with van der Waals surface area (Å²) in [5.41, 5.74) is 0.391. The van der Waals surface area contributed by atoms with E-state index in [2.05, 4.69) is 20.8 Å². The van der Waals surface area contributed by atoms with Crippen molar-refractivity contribution in [3.63, 3.8) is 0 Å². The van der Waals surface area contributed by atoms with E-state index in [1.165, 1.54) is 48.1 Å². The molecule has 0 aliphatic heterocycles. The van der Waals surface area contributed by atoms with Crippen molar-refractivity contribution in [3.05, 3.63) is 29.0 Å². The molecule has 0 saturated heterocycles. The van der Waals surface area contributed by atoms with Gasteiger partial charge in [-0.25, -0.2) is 4.39 Å². The summed E-state index contributed by atoms with van der Waals surface area (Å²) in [5.74, 6) is -0.487. The van der Waals surface area contributed by atoms with Gasteiger partial charge in [0.15, 0.2) is 4.34 Å². The van der Waals surface area contributed by atoms with Crippen LogP contribution in [0.1, 0.15) is 12.8 Å². The molecule has 1 aliphatic carbocycles. The Hall–Kier alpha value is -1.38. The van der Waals surface area contributed by atoms with Crippen LogP contribution in [0.4, 0.5) is 15.2 Å². The van der Waals surface area contributed by atoms with Crippen molar-refractivity contribution in [2.75, 3.05) is 16.4 Å². The fourth-order valence-corrected chi connectivity index (χ4v) is 3.48. The van der Waals surface area contributed by atoms with Crippen LogP contribution in [0.5, 0.6) is 0 Å². The minimum atomic E-state index is -0.443. The lowest BCUT2D eigenvalue weighted by Crippen LogP contribution is -2.14. The maximum absolute atomic E-state index is 12.9. The van der Waals surface area contributed by atoms with Crippen molar-refractivity contribution in [2.45, 2.75) is 23.2 Å². The second-order valence-electron chi connectivity index (χ2n) is 4.75. The molecule has 3 rings (SSSR count). The lowest BCUT2D eigenvalue weighted by atomic mass is 10.3. The van der Waals surface area contributed by atoms with E-state index in [0.29, 0.717) is 11.7 Å². The summed E-state index contributed by atoms with van der Waals surface area (Å²) in [5, 5.41) is 14.9. The summed E-state index contributed by atoms with van der Waals surface area (Å²) >= 11 is 8.59. The standard InChI is InChI=1S/C13H12ClFN4OS2/c14-9-5-7(15)1-4-10(9)17-11(20)6-21-13-19-18-12(22-13)16-8-2-3-8/h1,4-5,8H,2-3,6H2,(H,16,18)(H,17,20). The first kappa shape index (κ1) is 15.5. The predicted molar refractivity (Wildman–Crippen MR) is 87.3 cm³/mol. The van der Waals surface area contributed by atoms with Crippen LogP contribution >= 0.6 is 34.7 Å². The van der Waals surface area contributed by atoms with E-state index in [1.807, 2.05) is 0 Å². The van der Waals surface area contributed by atoms with Gasteiger partial charge in [0, 0.05) is 6.04 Å². The van der Waals surface area contributed by atoms with Gasteiger partial charge in [-0.2, -0.15) is 0 Å². The smallest absolute Gasteiger partial charge is 0.234 e. The van der Waals surface area contributed by atoms with Crippen LogP contribution in [0.2, 0.25) is 5.02 Å². The van der Waals surface area contributed by atoms with Crippen LogP contribution in [0.3, 0.4) is 0 Å². The zero-order valence-corrected chi connectivity index (χ0v) is 13.7. The highest BCUT2D eigenvalue weighted by Gasteiger charge is 2.22. The summed E-state index contributed by atoms with van der Waals surface area (Å²) < 4.78 is 13.7. The molecule has 9 heteroatoms. The fraction of sp³-hybridized carbons (Fsp3) is 0.308. The van der Waals surface area contributed by atoms with E-state index in [1.54, 1.807) is 0 Å². The number of benzene rings is 1. The number of anilines is 2. The fourth-order valence-electron chi connectivity index (χ4n) is 1.63. The van der Waals surface area contributed by atoms with Crippen LogP contribution in [0.25, 0.3) is 0 Å². The highest BCUT2D eigenvalue weighted by Crippen LogP contribution is 2.30. The SMILES string of the molecule is O=C(CSc1nnc(NC2CC2)s1)Nc1ccc(F)cc1Cl. The van der Waals surface area contributed by atoms with Crippen molar-refractivity contribution < 1.29 is 9.18 Å². The van der Waals surface area contributed by atoms with Gasteiger partial charge >= 0.3 is 0 Å². The third-order valence-electron chi connectivity index (χ3n) is 2.84. The number of amides is 1. The summed E-state index contributed by atoms with van der Waals surface area (Å²) in [6.45, 7) is 0. The Bertz CT molecular complexity index is 692. The van der Waals surface area contributed by atoms with Crippen LogP contribution in [0, 0.1) is 5.82 Å². The zero-order chi connectivity index (χ0) is 15.5. The molecule has 0 atom stereocenters. The van der Waals surface area contributed by atoms with Crippen LogP contribution in [-0.4, -0.2) is 27.9 Å². The molecule has 1 aromatic carbocycles. The molecule has 0 unspecified atom stereocenters. The number of nitrogens with one attached hydrogen (secondary N) is 2. The quantitative estimate of drug-likeness (QED) is 0.772. The molecular formula is C13H12ClFN4OS2. The lowest BCUT2D eigenvalue weighted by Gasteiger charge is -2.06. The summed E-state index contributed by atoms with van der Waals surface area (Å²) in [7, 11) is 0. The summed E-state index contributed by atoms with van der Waals surface area (Å²) in [6.07, 6.45) is 2.34. The Morgan fingerprint density at radius 1 is 1.45 bits per heavy atom. The monoisotopic (exact) mass is 358 g/mol. The predicted octanol–water partition coefficient (Wildman–Crippen LogP) is 3.64. The van der Waals surface area contributed by atoms with Crippen LogP contribution in [0.15, 0.2) is 22.5 Å². The third-order valence-corrected chi connectivity index (χ3v) is 5.14. The molecule has 2 N–H and O–H groups in total. The number of hydrogen-bond donors (Lipinski definition) is 2. The molecule has 1 amide bonds. The second kappa shape index (κ2) is 6.80. The van der Waals surface area contributed by atoms with Gasteiger partial charge in [-0.05, 0) is 31.0 Å². The number of carbonyl (C=O) groups is 1. The zero-order valence-electron chi connectivity index (χ0n) is 11.3. The summed E-state index contributed by atoms with van der Waals surface area (Å²) in [4.78, 5) is 11.9. The van der Waals surface area contributed by atoms with Crippen LogP contribution < -0.4 is 10.6 Å². The molecule has 0 radical (unpaired) electrons. The Labute approximate surface area is 139 Å². The minimum Gasteiger partial charge on any atom is -0.357 e. The van der Waals surface area contributed by atoms with E-state index >= 15 is 0 Å². The number of halogens is 2. The average Bonchev–Trinajstić information content (AvgIpc) is 3.17.